The molecule has 0 spiro atoms. The SMILES string of the molecule is CN(C)c1ccc(-c2nc(-c3ccncc3)no2)cc1. The molecule has 20 heavy (non-hydrogen) atoms. The van der Waals surface area contributed by atoms with Crippen molar-refractivity contribution in [2.45, 2.75) is 0 Å². The Bertz CT molecular complexity index is 689. The number of rotatable bonds is 3. The fraction of sp³-hybridized carbons (Fsp3) is 0.133. The van der Waals surface area contributed by atoms with E-state index in [-0.39, 0.29) is 0 Å². The molecular weight excluding hydrogens is 252 g/mol. The number of hydrogen-bond acceptors (Lipinski definition) is 5. The van der Waals surface area contributed by atoms with Crippen molar-refractivity contribution in [3.8, 4) is 22.8 Å². The summed E-state index contributed by atoms with van der Waals surface area (Å²) in [5.41, 5.74) is 2.92. The van der Waals surface area contributed by atoms with E-state index in [1.165, 1.54) is 0 Å². The quantitative estimate of drug-likeness (QED) is 0.729. The van der Waals surface area contributed by atoms with E-state index in [0.29, 0.717) is 11.7 Å². The number of aromatic nitrogens is 3. The number of nitrogens with zero attached hydrogens (tertiary/aromatic N) is 4. The Morgan fingerprint density at radius 1 is 0.900 bits per heavy atom. The Kier molecular flexibility index (Phi) is 3.16. The van der Waals surface area contributed by atoms with Crippen LogP contribution in [0, 0.1) is 0 Å². The summed E-state index contributed by atoms with van der Waals surface area (Å²) in [6, 6.07) is 11.7. The highest BCUT2D eigenvalue weighted by Crippen LogP contribution is 2.23. The van der Waals surface area contributed by atoms with Gasteiger partial charge in [-0.15, -0.1) is 0 Å². The molecule has 0 unspecified atom stereocenters. The molecule has 0 bridgehead atoms. The average molecular weight is 266 g/mol. The number of hydrogen-bond donors (Lipinski definition) is 0. The van der Waals surface area contributed by atoms with E-state index in [1.807, 2.05) is 55.4 Å². The highest BCUT2D eigenvalue weighted by Gasteiger charge is 2.10. The van der Waals surface area contributed by atoms with Gasteiger partial charge < -0.3 is 9.42 Å². The van der Waals surface area contributed by atoms with E-state index in [9.17, 15) is 0 Å². The fourth-order valence-corrected chi connectivity index (χ4v) is 1.86. The van der Waals surface area contributed by atoms with E-state index < -0.39 is 0 Å². The summed E-state index contributed by atoms with van der Waals surface area (Å²) in [4.78, 5) is 10.4. The molecule has 2 aromatic heterocycles. The van der Waals surface area contributed by atoms with Crippen LogP contribution in [0.2, 0.25) is 0 Å². The van der Waals surface area contributed by atoms with Gasteiger partial charge in [0.1, 0.15) is 0 Å². The van der Waals surface area contributed by atoms with Crippen molar-refractivity contribution >= 4 is 5.69 Å². The topological polar surface area (TPSA) is 55.1 Å². The van der Waals surface area contributed by atoms with E-state index in [0.717, 1.165) is 16.8 Å². The van der Waals surface area contributed by atoms with Crippen LogP contribution in [-0.4, -0.2) is 29.2 Å². The van der Waals surface area contributed by atoms with E-state index >= 15 is 0 Å². The average Bonchev–Trinajstić information content (AvgIpc) is 2.98. The van der Waals surface area contributed by atoms with Crippen molar-refractivity contribution in [3.63, 3.8) is 0 Å². The number of anilines is 1. The Morgan fingerprint density at radius 2 is 1.60 bits per heavy atom. The highest BCUT2D eigenvalue weighted by molar-refractivity contribution is 5.61. The molecule has 0 aliphatic carbocycles. The number of benzene rings is 1. The second kappa shape index (κ2) is 5.13. The van der Waals surface area contributed by atoms with E-state index in [4.69, 9.17) is 4.52 Å². The van der Waals surface area contributed by atoms with Crippen LogP contribution in [0.15, 0.2) is 53.3 Å². The third kappa shape index (κ3) is 2.38. The van der Waals surface area contributed by atoms with Crippen LogP contribution in [0.3, 0.4) is 0 Å². The molecule has 3 aromatic rings. The van der Waals surface area contributed by atoms with Crippen LogP contribution in [0.5, 0.6) is 0 Å². The summed E-state index contributed by atoms with van der Waals surface area (Å²) < 4.78 is 5.31. The Labute approximate surface area is 116 Å². The second-order valence-corrected chi connectivity index (χ2v) is 4.60. The lowest BCUT2D eigenvalue weighted by atomic mass is 10.2. The Morgan fingerprint density at radius 3 is 2.25 bits per heavy atom. The first kappa shape index (κ1) is 12.3. The van der Waals surface area contributed by atoms with Crippen LogP contribution in [-0.2, 0) is 0 Å². The van der Waals surface area contributed by atoms with Crippen molar-refractivity contribution in [2.75, 3.05) is 19.0 Å². The molecule has 1 aromatic carbocycles. The lowest BCUT2D eigenvalue weighted by Gasteiger charge is -2.11. The highest BCUT2D eigenvalue weighted by atomic mass is 16.5. The Balaban J connectivity index is 1.90. The summed E-state index contributed by atoms with van der Waals surface area (Å²) in [6.45, 7) is 0. The van der Waals surface area contributed by atoms with Gasteiger partial charge in [-0.05, 0) is 36.4 Å². The molecule has 0 radical (unpaired) electrons. The van der Waals surface area contributed by atoms with Gasteiger partial charge in [0.05, 0.1) is 0 Å². The maximum atomic E-state index is 5.31. The van der Waals surface area contributed by atoms with Gasteiger partial charge in [0, 0.05) is 43.3 Å². The van der Waals surface area contributed by atoms with Gasteiger partial charge in [-0.25, -0.2) is 0 Å². The molecule has 0 saturated heterocycles. The lowest BCUT2D eigenvalue weighted by molar-refractivity contribution is 0.432. The zero-order valence-electron chi connectivity index (χ0n) is 11.3. The summed E-state index contributed by atoms with van der Waals surface area (Å²) in [5, 5.41) is 4.00. The van der Waals surface area contributed by atoms with Gasteiger partial charge in [0.2, 0.25) is 5.82 Å². The molecule has 0 aliphatic rings. The summed E-state index contributed by atoms with van der Waals surface area (Å²) in [6.07, 6.45) is 3.41. The molecule has 3 rings (SSSR count). The maximum absolute atomic E-state index is 5.31. The standard InChI is InChI=1S/C15H14N4O/c1-19(2)13-5-3-12(4-6-13)15-17-14(18-20-15)11-7-9-16-10-8-11/h3-10H,1-2H3. The van der Waals surface area contributed by atoms with Gasteiger partial charge in [-0.1, -0.05) is 5.16 Å². The molecule has 0 amide bonds. The van der Waals surface area contributed by atoms with Crippen molar-refractivity contribution < 1.29 is 4.52 Å². The summed E-state index contributed by atoms with van der Waals surface area (Å²) in [5.74, 6) is 1.08. The van der Waals surface area contributed by atoms with E-state index in [1.54, 1.807) is 12.4 Å². The third-order valence-electron chi connectivity index (χ3n) is 3.00. The van der Waals surface area contributed by atoms with Gasteiger partial charge >= 0.3 is 0 Å². The molecule has 5 heteroatoms. The van der Waals surface area contributed by atoms with Gasteiger partial charge in [-0.2, -0.15) is 4.98 Å². The predicted molar refractivity (Wildman–Crippen MR) is 77.3 cm³/mol. The minimum absolute atomic E-state index is 0.516. The first-order chi connectivity index (χ1) is 9.74. The fourth-order valence-electron chi connectivity index (χ4n) is 1.86. The van der Waals surface area contributed by atoms with Crippen LogP contribution in [0.25, 0.3) is 22.8 Å². The van der Waals surface area contributed by atoms with Gasteiger partial charge in [-0.3, -0.25) is 4.98 Å². The molecule has 100 valence electrons. The Hall–Kier alpha value is -2.69. The van der Waals surface area contributed by atoms with Gasteiger partial charge in [0.15, 0.2) is 0 Å². The van der Waals surface area contributed by atoms with Crippen LogP contribution in [0.1, 0.15) is 0 Å². The number of pyridine rings is 1. The van der Waals surface area contributed by atoms with Crippen molar-refractivity contribution in [2.24, 2.45) is 0 Å². The first-order valence-electron chi connectivity index (χ1n) is 6.26. The summed E-state index contributed by atoms with van der Waals surface area (Å²) >= 11 is 0. The first-order valence-corrected chi connectivity index (χ1v) is 6.26. The zero-order chi connectivity index (χ0) is 13.9. The predicted octanol–water partition coefficient (Wildman–Crippen LogP) is 2.86. The molecule has 0 atom stereocenters. The molecule has 0 saturated carbocycles. The molecule has 0 aliphatic heterocycles. The minimum atomic E-state index is 0.516. The third-order valence-corrected chi connectivity index (χ3v) is 3.00. The molecule has 5 nitrogen and oxygen atoms in total. The summed E-state index contributed by atoms with van der Waals surface area (Å²) in [7, 11) is 4.01. The van der Waals surface area contributed by atoms with E-state index in [2.05, 4.69) is 15.1 Å². The van der Waals surface area contributed by atoms with Crippen molar-refractivity contribution in [3.05, 3.63) is 48.8 Å². The second-order valence-electron chi connectivity index (χ2n) is 4.60. The molecule has 0 fully saturated rings. The monoisotopic (exact) mass is 266 g/mol. The van der Waals surface area contributed by atoms with Crippen molar-refractivity contribution in [1.82, 2.24) is 15.1 Å². The van der Waals surface area contributed by atoms with Gasteiger partial charge in [0.25, 0.3) is 5.89 Å². The smallest absolute Gasteiger partial charge is 0.258 e. The lowest BCUT2D eigenvalue weighted by Crippen LogP contribution is -2.07. The zero-order valence-corrected chi connectivity index (χ0v) is 11.3. The minimum Gasteiger partial charge on any atom is -0.378 e. The largest absolute Gasteiger partial charge is 0.378 e. The normalized spacial score (nSPS) is 10.5. The van der Waals surface area contributed by atoms with Crippen LogP contribution >= 0.6 is 0 Å². The maximum Gasteiger partial charge on any atom is 0.258 e. The molecule has 0 N–H and O–H groups in total. The van der Waals surface area contributed by atoms with Crippen molar-refractivity contribution in [1.29, 1.82) is 0 Å². The van der Waals surface area contributed by atoms with Crippen LogP contribution in [0.4, 0.5) is 5.69 Å². The van der Waals surface area contributed by atoms with Crippen LogP contribution < -0.4 is 4.90 Å². The molecular formula is C15H14N4O. The molecule has 2 heterocycles.